The molecule has 1 aromatic heterocycles. The van der Waals surface area contributed by atoms with Crippen LogP contribution in [0.4, 0.5) is 5.69 Å². The van der Waals surface area contributed by atoms with Gasteiger partial charge in [-0.1, -0.05) is 29.8 Å². The van der Waals surface area contributed by atoms with Crippen molar-refractivity contribution >= 4 is 51.8 Å². The molecule has 150 valence electrons. The van der Waals surface area contributed by atoms with Gasteiger partial charge in [0.2, 0.25) is 11.8 Å². The molecule has 5 nitrogen and oxygen atoms in total. The first-order chi connectivity index (χ1) is 14.1. The Morgan fingerprint density at radius 1 is 1.24 bits per heavy atom. The Morgan fingerprint density at radius 3 is 3.00 bits per heavy atom. The number of carbonyl (C=O) groups is 2. The number of fused-ring (bicyclic) bond motifs is 2. The molecule has 0 aliphatic carbocycles. The van der Waals surface area contributed by atoms with E-state index in [0.29, 0.717) is 11.6 Å². The second kappa shape index (κ2) is 8.93. The van der Waals surface area contributed by atoms with Crippen LogP contribution in [-0.2, 0) is 22.4 Å². The molecular weight excluding hydrogens is 406 g/mol. The predicted octanol–water partition coefficient (Wildman–Crippen LogP) is 4.17. The molecule has 2 heterocycles. The second-order valence-corrected chi connectivity index (χ2v) is 8.72. The average Bonchev–Trinajstić information content (AvgIpc) is 3.02. The van der Waals surface area contributed by atoms with Crippen molar-refractivity contribution in [2.75, 3.05) is 17.6 Å². The number of halogens is 1. The molecule has 4 rings (SSSR count). The molecule has 0 saturated heterocycles. The van der Waals surface area contributed by atoms with E-state index < -0.39 is 0 Å². The maximum atomic E-state index is 12.4. The molecule has 3 N–H and O–H groups in total. The van der Waals surface area contributed by atoms with E-state index in [1.54, 1.807) is 0 Å². The van der Waals surface area contributed by atoms with Crippen molar-refractivity contribution < 1.29 is 9.59 Å². The Morgan fingerprint density at radius 2 is 2.10 bits per heavy atom. The zero-order chi connectivity index (χ0) is 20.2. The molecule has 29 heavy (non-hydrogen) atoms. The zero-order valence-corrected chi connectivity index (χ0v) is 17.4. The van der Waals surface area contributed by atoms with Crippen LogP contribution in [0.3, 0.4) is 0 Å². The first kappa shape index (κ1) is 19.9. The van der Waals surface area contributed by atoms with Crippen molar-refractivity contribution in [1.29, 1.82) is 0 Å². The van der Waals surface area contributed by atoms with E-state index in [4.69, 9.17) is 11.6 Å². The van der Waals surface area contributed by atoms with Gasteiger partial charge in [0, 0.05) is 34.4 Å². The summed E-state index contributed by atoms with van der Waals surface area (Å²) in [5.41, 5.74) is 4.18. The third-order valence-corrected chi connectivity index (χ3v) is 6.62. The van der Waals surface area contributed by atoms with Gasteiger partial charge in [0.05, 0.1) is 11.0 Å². The fourth-order valence-corrected chi connectivity index (χ4v) is 4.69. The normalized spacial score (nSPS) is 16.2. The smallest absolute Gasteiger partial charge is 0.237 e. The Bertz CT molecular complexity index is 1050. The zero-order valence-electron chi connectivity index (χ0n) is 15.8. The lowest BCUT2D eigenvalue weighted by Crippen LogP contribution is -2.30. The van der Waals surface area contributed by atoms with Crippen molar-refractivity contribution in [2.45, 2.75) is 24.5 Å². The Balaban J connectivity index is 1.25. The number of para-hydroxylation sites is 1. The van der Waals surface area contributed by atoms with Gasteiger partial charge in [-0.2, -0.15) is 0 Å². The number of hydrogen-bond donors (Lipinski definition) is 3. The topological polar surface area (TPSA) is 74.0 Å². The van der Waals surface area contributed by atoms with Crippen molar-refractivity contribution in [3.05, 3.63) is 64.8 Å². The molecule has 1 aliphatic heterocycles. The molecule has 0 fully saturated rings. The summed E-state index contributed by atoms with van der Waals surface area (Å²) in [7, 11) is 0. The summed E-state index contributed by atoms with van der Waals surface area (Å²) in [6.45, 7) is 0.543. The van der Waals surface area contributed by atoms with Gasteiger partial charge in [-0.05, 0) is 54.7 Å². The third kappa shape index (κ3) is 4.77. The van der Waals surface area contributed by atoms with Gasteiger partial charge < -0.3 is 15.6 Å². The quantitative estimate of drug-likeness (QED) is 0.552. The number of anilines is 1. The van der Waals surface area contributed by atoms with Crippen molar-refractivity contribution in [1.82, 2.24) is 10.3 Å². The van der Waals surface area contributed by atoms with Crippen LogP contribution >= 0.6 is 23.4 Å². The maximum absolute atomic E-state index is 12.4. The van der Waals surface area contributed by atoms with Crippen LogP contribution in [0.5, 0.6) is 0 Å². The highest BCUT2D eigenvalue weighted by Crippen LogP contribution is 2.27. The van der Waals surface area contributed by atoms with Crippen LogP contribution in [0.2, 0.25) is 5.02 Å². The predicted molar refractivity (Wildman–Crippen MR) is 120 cm³/mol. The lowest BCUT2D eigenvalue weighted by atomic mass is 10.1. The molecule has 2 aromatic carbocycles. The SMILES string of the molecule is O=C(CSC1CCc2ccccc2NC1=O)NCCc1c[nH]c2ccc(Cl)cc12. The van der Waals surface area contributed by atoms with Crippen LogP contribution in [0.25, 0.3) is 10.9 Å². The largest absolute Gasteiger partial charge is 0.361 e. The van der Waals surface area contributed by atoms with E-state index in [1.165, 1.54) is 11.8 Å². The van der Waals surface area contributed by atoms with Crippen LogP contribution in [0.1, 0.15) is 17.5 Å². The minimum atomic E-state index is -0.219. The maximum Gasteiger partial charge on any atom is 0.237 e. The number of hydrogen-bond acceptors (Lipinski definition) is 3. The Hall–Kier alpha value is -2.44. The number of amides is 2. The molecule has 3 aromatic rings. The number of aromatic amines is 1. The van der Waals surface area contributed by atoms with Crippen LogP contribution < -0.4 is 10.6 Å². The van der Waals surface area contributed by atoms with Gasteiger partial charge in [-0.3, -0.25) is 9.59 Å². The van der Waals surface area contributed by atoms with E-state index in [-0.39, 0.29) is 22.8 Å². The second-order valence-electron chi connectivity index (χ2n) is 7.09. The number of aromatic nitrogens is 1. The summed E-state index contributed by atoms with van der Waals surface area (Å²) >= 11 is 7.48. The highest BCUT2D eigenvalue weighted by atomic mass is 35.5. The van der Waals surface area contributed by atoms with Gasteiger partial charge >= 0.3 is 0 Å². The first-order valence-electron chi connectivity index (χ1n) is 9.63. The standard InChI is InChI=1S/C22H22ClN3O2S/c23-16-6-7-19-17(11-16)15(12-25-19)9-10-24-21(27)13-29-20-8-5-14-3-1-2-4-18(14)26-22(20)28/h1-4,6-7,11-12,20,25H,5,8-10,13H2,(H,24,27)(H,26,28). The van der Waals surface area contributed by atoms with E-state index in [9.17, 15) is 9.59 Å². The van der Waals surface area contributed by atoms with Crippen LogP contribution in [0, 0.1) is 0 Å². The lowest BCUT2D eigenvalue weighted by molar-refractivity contribution is -0.118. The summed E-state index contributed by atoms with van der Waals surface area (Å²) < 4.78 is 0. The minimum absolute atomic E-state index is 0.0246. The molecule has 7 heteroatoms. The van der Waals surface area contributed by atoms with Gasteiger partial charge in [0.25, 0.3) is 0 Å². The minimum Gasteiger partial charge on any atom is -0.361 e. The molecule has 1 aliphatic rings. The highest BCUT2D eigenvalue weighted by molar-refractivity contribution is 8.01. The number of thioether (sulfide) groups is 1. The fraction of sp³-hybridized carbons (Fsp3) is 0.273. The first-order valence-corrected chi connectivity index (χ1v) is 11.1. The van der Waals surface area contributed by atoms with Gasteiger partial charge in [0.1, 0.15) is 0 Å². The summed E-state index contributed by atoms with van der Waals surface area (Å²) in [6, 6.07) is 13.6. The van der Waals surface area contributed by atoms with Crippen molar-refractivity contribution in [3.63, 3.8) is 0 Å². The summed E-state index contributed by atoms with van der Waals surface area (Å²) in [5.74, 6) is 0.194. The van der Waals surface area contributed by atoms with Crippen molar-refractivity contribution in [2.24, 2.45) is 0 Å². The van der Waals surface area contributed by atoms with Gasteiger partial charge in [0.15, 0.2) is 0 Å². The molecule has 2 amide bonds. The lowest BCUT2D eigenvalue weighted by Gasteiger charge is -2.12. The van der Waals surface area contributed by atoms with Crippen LogP contribution in [0.15, 0.2) is 48.7 Å². The number of carbonyl (C=O) groups excluding carboxylic acids is 2. The molecule has 0 bridgehead atoms. The third-order valence-electron chi connectivity index (χ3n) is 5.11. The number of benzene rings is 2. The molecular formula is C22H22ClN3O2S. The van der Waals surface area contributed by atoms with Crippen molar-refractivity contribution in [3.8, 4) is 0 Å². The number of aryl methyl sites for hydroxylation is 1. The van der Waals surface area contributed by atoms with Gasteiger partial charge in [-0.15, -0.1) is 11.8 Å². The Labute approximate surface area is 178 Å². The van der Waals surface area contributed by atoms with Crippen LogP contribution in [-0.4, -0.2) is 34.3 Å². The van der Waals surface area contributed by atoms with Gasteiger partial charge in [-0.25, -0.2) is 0 Å². The van der Waals surface area contributed by atoms with E-state index in [0.717, 1.165) is 47.0 Å². The monoisotopic (exact) mass is 427 g/mol. The van der Waals surface area contributed by atoms with E-state index >= 15 is 0 Å². The number of nitrogens with one attached hydrogen (secondary N) is 3. The molecule has 1 unspecified atom stereocenters. The number of rotatable bonds is 6. The van der Waals surface area contributed by atoms with E-state index in [1.807, 2.05) is 48.7 Å². The highest BCUT2D eigenvalue weighted by Gasteiger charge is 2.24. The fourth-order valence-electron chi connectivity index (χ4n) is 3.57. The molecule has 0 radical (unpaired) electrons. The molecule has 0 spiro atoms. The average molecular weight is 428 g/mol. The number of H-pyrrole nitrogens is 1. The summed E-state index contributed by atoms with van der Waals surface area (Å²) in [5, 5.41) is 7.48. The Kier molecular flexibility index (Phi) is 6.11. The molecule has 0 saturated carbocycles. The van der Waals surface area contributed by atoms with E-state index in [2.05, 4.69) is 15.6 Å². The molecule has 1 atom stereocenters. The summed E-state index contributed by atoms with van der Waals surface area (Å²) in [6.07, 6.45) is 4.24. The summed E-state index contributed by atoms with van der Waals surface area (Å²) in [4.78, 5) is 27.9.